The lowest BCUT2D eigenvalue weighted by atomic mass is 9.93. The molecule has 170 valence electrons. The minimum absolute atomic E-state index is 0.219. The smallest absolute Gasteiger partial charge is 0.166 e. The number of carbonyl (C=O) groups excluding carboxylic acids is 2. The average molecular weight is 440 g/mol. The van der Waals surface area contributed by atoms with Gasteiger partial charge in [0.15, 0.2) is 34.6 Å². The van der Waals surface area contributed by atoms with Crippen LogP contribution in [0.4, 0.5) is 0 Å². The number of hydrogen-bond donors (Lipinski definition) is 1. The quantitative estimate of drug-likeness (QED) is 0.399. The summed E-state index contributed by atoms with van der Waals surface area (Å²) >= 11 is 0. The number of benzene rings is 2. The number of allylic oxidation sites excluding steroid dienone is 2. The zero-order chi connectivity index (χ0) is 23.5. The highest BCUT2D eigenvalue weighted by Gasteiger charge is 2.22. The van der Waals surface area contributed by atoms with Gasteiger partial charge in [0.25, 0.3) is 0 Å². The summed E-state index contributed by atoms with van der Waals surface area (Å²) in [7, 11) is 6.18. The molecular formula is C25H29NO6. The lowest BCUT2D eigenvalue weighted by molar-refractivity contribution is -0.127. The molecule has 0 radical (unpaired) electrons. The van der Waals surface area contributed by atoms with E-state index in [4.69, 9.17) is 24.7 Å². The van der Waals surface area contributed by atoms with E-state index in [1.165, 1.54) is 26.4 Å². The summed E-state index contributed by atoms with van der Waals surface area (Å²) in [5.41, 5.74) is 7.14. The highest BCUT2D eigenvalue weighted by atomic mass is 16.5. The summed E-state index contributed by atoms with van der Waals surface area (Å²) in [6, 6.07) is 10.6. The van der Waals surface area contributed by atoms with Crippen molar-refractivity contribution in [2.24, 2.45) is 11.7 Å². The highest BCUT2D eigenvalue weighted by Crippen LogP contribution is 2.29. The van der Waals surface area contributed by atoms with Crippen molar-refractivity contribution in [1.29, 1.82) is 0 Å². The molecule has 0 aliphatic heterocycles. The standard InChI is InChI=1S/C25H29NO6/c1-29-22-11-7-17(15-24(22)31-3)5-9-20(27)19(13-14-26)21(28)10-6-18-8-12-23(30-2)25(16-18)32-4/h5-12,15-16,19H,13-14,26H2,1-4H3/b9-5+,10-6+. The second-order valence-corrected chi connectivity index (χ2v) is 6.83. The van der Waals surface area contributed by atoms with E-state index in [1.807, 2.05) is 0 Å². The predicted octanol–water partition coefficient (Wildman–Crippen LogP) is 3.55. The second-order valence-electron chi connectivity index (χ2n) is 6.83. The van der Waals surface area contributed by atoms with Crippen LogP contribution in [0.25, 0.3) is 12.2 Å². The van der Waals surface area contributed by atoms with E-state index in [2.05, 4.69) is 0 Å². The Labute approximate surface area is 188 Å². The number of methoxy groups -OCH3 is 4. The van der Waals surface area contributed by atoms with Gasteiger partial charge in [-0.2, -0.15) is 0 Å². The van der Waals surface area contributed by atoms with Crippen molar-refractivity contribution in [1.82, 2.24) is 0 Å². The van der Waals surface area contributed by atoms with Crippen molar-refractivity contribution in [3.63, 3.8) is 0 Å². The summed E-state index contributed by atoms with van der Waals surface area (Å²) < 4.78 is 21.0. The van der Waals surface area contributed by atoms with Gasteiger partial charge < -0.3 is 24.7 Å². The fourth-order valence-electron chi connectivity index (χ4n) is 3.09. The lowest BCUT2D eigenvalue weighted by Crippen LogP contribution is -2.24. The van der Waals surface area contributed by atoms with E-state index in [9.17, 15) is 9.59 Å². The molecule has 2 N–H and O–H groups in total. The Morgan fingerprint density at radius 2 is 1.16 bits per heavy atom. The molecule has 2 aromatic rings. The Kier molecular flexibility index (Phi) is 9.50. The molecule has 0 aliphatic rings. The molecule has 0 saturated heterocycles. The van der Waals surface area contributed by atoms with E-state index in [0.29, 0.717) is 23.0 Å². The van der Waals surface area contributed by atoms with Crippen molar-refractivity contribution in [3.8, 4) is 23.0 Å². The highest BCUT2D eigenvalue weighted by molar-refractivity contribution is 6.13. The monoisotopic (exact) mass is 439 g/mol. The van der Waals surface area contributed by atoms with Crippen LogP contribution >= 0.6 is 0 Å². The predicted molar refractivity (Wildman–Crippen MR) is 124 cm³/mol. The maximum absolute atomic E-state index is 12.7. The van der Waals surface area contributed by atoms with Crippen LogP contribution in [0.1, 0.15) is 17.5 Å². The van der Waals surface area contributed by atoms with Crippen molar-refractivity contribution < 1.29 is 28.5 Å². The Bertz CT molecular complexity index is 918. The summed E-state index contributed by atoms with van der Waals surface area (Å²) in [6.07, 6.45) is 6.32. The fourth-order valence-corrected chi connectivity index (χ4v) is 3.09. The zero-order valence-electron chi connectivity index (χ0n) is 18.8. The minimum Gasteiger partial charge on any atom is -0.493 e. The molecule has 0 spiro atoms. The number of rotatable bonds is 12. The molecule has 0 atom stereocenters. The first-order valence-electron chi connectivity index (χ1n) is 10.0. The van der Waals surface area contributed by atoms with Crippen LogP contribution in [-0.2, 0) is 9.59 Å². The molecule has 2 rings (SSSR count). The van der Waals surface area contributed by atoms with E-state index >= 15 is 0 Å². The normalized spacial score (nSPS) is 11.2. The molecule has 32 heavy (non-hydrogen) atoms. The maximum Gasteiger partial charge on any atom is 0.166 e. The van der Waals surface area contributed by atoms with Crippen molar-refractivity contribution in [2.75, 3.05) is 35.0 Å². The molecule has 7 nitrogen and oxygen atoms in total. The topological polar surface area (TPSA) is 97.1 Å². The third kappa shape index (κ3) is 6.46. The van der Waals surface area contributed by atoms with Crippen LogP contribution in [-0.4, -0.2) is 46.6 Å². The second kappa shape index (κ2) is 12.3. The minimum atomic E-state index is -0.854. The van der Waals surface area contributed by atoms with Crippen LogP contribution in [0.3, 0.4) is 0 Å². The molecule has 0 amide bonds. The van der Waals surface area contributed by atoms with Gasteiger partial charge in [-0.1, -0.05) is 24.3 Å². The van der Waals surface area contributed by atoms with Crippen molar-refractivity contribution in [3.05, 3.63) is 59.7 Å². The van der Waals surface area contributed by atoms with Gasteiger partial charge in [-0.15, -0.1) is 0 Å². The largest absolute Gasteiger partial charge is 0.493 e. The zero-order valence-corrected chi connectivity index (χ0v) is 18.8. The number of hydrogen-bond acceptors (Lipinski definition) is 7. The molecule has 2 aromatic carbocycles. The van der Waals surface area contributed by atoms with Gasteiger partial charge in [-0.05, 0) is 60.5 Å². The van der Waals surface area contributed by atoms with Crippen LogP contribution in [0, 0.1) is 5.92 Å². The summed E-state index contributed by atoms with van der Waals surface area (Å²) in [5.74, 6) is 0.802. The summed E-state index contributed by atoms with van der Waals surface area (Å²) in [4.78, 5) is 25.5. The summed E-state index contributed by atoms with van der Waals surface area (Å²) in [6.45, 7) is 0.219. The van der Waals surface area contributed by atoms with E-state index < -0.39 is 5.92 Å². The fraction of sp³-hybridized carbons (Fsp3) is 0.280. The van der Waals surface area contributed by atoms with Gasteiger partial charge in [0.05, 0.1) is 34.4 Å². The third-order valence-corrected chi connectivity index (χ3v) is 4.84. The molecule has 7 heteroatoms. The molecule has 0 aliphatic carbocycles. The van der Waals surface area contributed by atoms with E-state index in [0.717, 1.165) is 11.1 Å². The molecular weight excluding hydrogens is 410 g/mol. The number of ketones is 2. The molecule has 0 aromatic heterocycles. The Hall–Kier alpha value is -3.58. The first kappa shape index (κ1) is 24.7. The van der Waals surface area contributed by atoms with Gasteiger partial charge in [0.1, 0.15) is 0 Å². The molecule has 0 bridgehead atoms. The van der Waals surface area contributed by atoms with Crippen LogP contribution in [0.5, 0.6) is 23.0 Å². The van der Waals surface area contributed by atoms with E-state index in [1.54, 1.807) is 62.8 Å². The maximum atomic E-state index is 12.7. The average Bonchev–Trinajstić information content (AvgIpc) is 2.83. The molecule has 0 fully saturated rings. The number of carbonyl (C=O) groups is 2. The van der Waals surface area contributed by atoms with Crippen molar-refractivity contribution in [2.45, 2.75) is 6.42 Å². The third-order valence-electron chi connectivity index (χ3n) is 4.84. The van der Waals surface area contributed by atoms with Crippen LogP contribution in [0.15, 0.2) is 48.6 Å². The SMILES string of the molecule is COc1ccc(/C=C/C(=O)C(CCN)C(=O)/C=C/c2ccc(OC)c(OC)c2)cc1OC. The van der Waals surface area contributed by atoms with Gasteiger partial charge >= 0.3 is 0 Å². The van der Waals surface area contributed by atoms with E-state index in [-0.39, 0.29) is 24.5 Å². The Balaban J connectivity index is 2.16. The number of nitrogens with two attached hydrogens (primary N) is 1. The Morgan fingerprint density at radius 3 is 1.50 bits per heavy atom. The van der Waals surface area contributed by atoms with Crippen LogP contribution in [0.2, 0.25) is 0 Å². The summed E-state index contributed by atoms with van der Waals surface area (Å²) in [5, 5.41) is 0. The molecule has 0 saturated carbocycles. The van der Waals surface area contributed by atoms with Crippen LogP contribution < -0.4 is 24.7 Å². The Morgan fingerprint density at radius 1 is 0.750 bits per heavy atom. The first-order chi connectivity index (χ1) is 15.5. The number of ether oxygens (including phenoxy) is 4. The van der Waals surface area contributed by atoms with Gasteiger partial charge in [-0.25, -0.2) is 0 Å². The van der Waals surface area contributed by atoms with Gasteiger partial charge in [0, 0.05) is 0 Å². The first-order valence-corrected chi connectivity index (χ1v) is 10.0. The van der Waals surface area contributed by atoms with Gasteiger partial charge in [-0.3, -0.25) is 9.59 Å². The molecule has 0 heterocycles. The van der Waals surface area contributed by atoms with Gasteiger partial charge in [0.2, 0.25) is 0 Å². The lowest BCUT2D eigenvalue weighted by Gasteiger charge is -2.10. The van der Waals surface area contributed by atoms with Crippen molar-refractivity contribution >= 4 is 23.7 Å². The molecule has 0 unspecified atom stereocenters.